The van der Waals surface area contributed by atoms with E-state index in [1.54, 1.807) is 42.7 Å². The van der Waals surface area contributed by atoms with Gasteiger partial charge in [0.25, 0.3) is 0 Å². The van der Waals surface area contributed by atoms with E-state index in [0.29, 0.717) is 17.1 Å². The highest BCUT2D eigenvalue weighted by Crippen LogP contribution is 2.24. The number of pyridine rings is 1. The molecule has 2 aromatic rings. The molecule has 88 valence electrons. The summed E-state index contributed by atoms with van der Waals surface area (Å²) in [5, 5.41) is 18.1. The Hall–Kier alpha value is -1.91. The van der Waals surface area contributed by atoms with Crippen molar-refractivity contribution in [2.75, 3.05) is 0 Å². The number of hydrogen-bond acceptors (Lipinski definition) is 4. The van der Waals surface area contributed by atoms with Crippen molar-refractivity contribution in [1.82, 2.24) is 4.98 Å². The van der Waals surface area contributed by atoms with Gasteiger partial charge in [-0.25, -0.2) is 0 Å². The van der Waals surface area contributed by atoms with Gasteiger partial charge >= 0.3 is 0 Å². The van der Waals surface area contributed by atoms with Crippen LogP contribution in [0.4, 0.5) is 0 Å². The van der Waals surface area contributed by atoms with Crippen molar-refractivity contribution >= 4 is 0 Å². The van der Waals surface area contributed by atoms with E-state index >= 15 is 0 Å². The quantitative estimate of drug-likeness (QED) is 0.843. The molecule has 0 aliphatic rings. The third-order valence-corrected chi connectivity index (χ3v) is 2.37. The first-order valence-corrected chi connectivity index (χ1v) is 5.25. The Morgan fingerprint density at radius 3 is 2.41 bits per heavy atom. The minimum Gasteiger partial charge on any atom is -0.455 e. The maximum Gasteiger partial charge on any atom is 0.151 e. The van der Waals surface area contributed by atoms with E-state index < -0.39 is 0 Å². The molecule has 0 unspecified atom stereocenters. The highest BCUT2D eigenvalue weighted by molar-refractivity contribution is 5.36. The molecule has 1 heterocycles. The van der Waals surface area contributed by atoms with Gasteiger partial charge in [0.1, 0.15) is 5.75 Å². The average Bonchev–Trinajstić information content (AvgIpc) is 2.40. The molecule has 0 aliphatic carbocycles. The van der Waals surface area contributed by atoms with Crippen LogP contribution in [0, 0.1) is 0 Å². The normalized spacial score (nSPS) is 10.2. The molecule has 4 nitrogen and oxygen atoms in total. The summed E-state index contributed by atoms with van der Waals surface area (Å²) in [5.41, 5.74) is 1.51. The molecule has 0 atom stereocenters. The molecule has 0 saturated heterocycles. The molecule has 2 N–H and O–H groups in total. The minimum atomic E-state index is -0.0907. The summed E-state index contributed by atoms with van der Waals surface area (Å²) in [4.78, 5) is 3.95. The molecule has 0 saturated carbocycles. The number of benzene rings is 1. The van der Waals surface area contributed by atoms with Gasteiger partial charge in [-0.3, -0.25) is 4.98 Å². The van der Waals surface area contributed by atoms with Crippen LogP contribution in [0.3, 0.4) is 0 Å². The first-order chi connectivity index (χ1) is 8.33. The fraction of sp³-hybridized carbons (Fsp3) is 0.154. The van der Waals surface area contributed by atoms with Crippen LogP contribution in [0.5, 0.6) is 11.5 Å². The van der Waals surface area contributed by atoms with Crippen molar-refractivity contribution in [2.45, 2.75) is 13.2 Å². The summed E-state index contributed by atoms with van der Waals surface area (Å²) in [7, 11) is 0. The Bertz CT molecular complexity index is 482. The van der Waals surface area contributed by atoms with Crippen LogP contribution in [-0.4, -0.2) is 15.2 Å². The molecule has 0 fully saturated rings. The first-order valence-electron chi connectivity index (χ1n) is 5.25. The molecule has 1 aromatic carbocycles. The van der Waals surface area contributed by atoms with E-state index in [9.17, 15) is 0 Å². The van der Waals surface area contributed by atoms with Gasteiger partial charge in [0.05, 0.1) is 19.4 Å². The first kappa shape index (κ1) is 11.6. The molecule has 4 heteroatoms. The van der Waals surface area contributed by atoms with E-state index in [2.05, 4.69) is 4.98 Å². The Morgan fingerprint density at radius 1 is 1.00 bits per heavy atom. The van der Waals surface area contributed by atoms with Crippen LogP contribution in [-0.2, 0) is 13.2 Å². The summed E-state index contributed by atoms with van der Waals surface area (Å²) < 4.78 is 5.60. The Labute approximate surface area is 99.1 Å². The standard InChI is InChI=1S/C13H13NO3/c15-8-10-1-3-12(4-2-10)17-13-7-14-6-5-11(13)9-16/h1-7,15-16H,8-9H2. The molecule has 2 rings (SSSR count). The number of nitrogens with zero attached hydrogens (tertiary/aromatic N) is 1. The Balaban J connectivity index is 2.19. The topological polar surface area (TPSA) is 62.6 Å². The van der Waals surface area contributed by atoms with E-state index in [-0.39, 0.29) is 13.2 Å². The number of aliphatic hydroxyl groups is 2. The van der Waals surface area contributed by atoms with Crippen molar-refractivity contribution < 1.29 is 14.9 Å². The van der Waals surface area contributed by atoms with Gasteiger partial charge in [0.2, 0.25) is 0 Å². The van der Waals surface area contributed by atoms with Crippen LogP contribution in [0.2, 0.25) is 0 Å². The van der Waals surface area contributed by atoms with Crippen molar-refractivity contribution in [1.29, 1.82) is 0 Å². The predicted octanol–water partition coefficient (Wildman–Crippen LogP) is 1.86. The zero-order valence-corrected chi connectivity index (χ0v) is 9.21. The second kappa shape index (κ2) is 5.43. The Kier molecular flexibility index (Phi) is 3.69. The van der Waals surface area contributed by atoms with E-state index in [0.717, 1.165) is 5.56 Å². The third kappa shape index (κ3) is 2.81. The number of rotatable bonds is 4. The maximum absolute atomic E-state index is 9.14. The fourth-order valence-electron chi connectivity index (χ4n) is 1.42. The fourth-order valence-corrected chi connectivity index (χ4v) is 1.42. The average molecular weight is 231 g/mol. The van der Waals surface area contributed by atoms with Crippen molar-refractivity contribution in [3.63, 3.8) is 0 Å². The zero-order chi connectivity index (χ0) is 12.1. The lowest BCUT2D eigenvalue weighted by Crippen LogP contribution is -1.92. The van der Waals surface area contributed by atoms with Crippen LogP contribution in [0.1, 0.15) is 11.1 Å². The molecule has 0 aliphatic heterocycles. The lowest BCUT2D eigenvalue weighted by atomic mass is 10.2. The summed E-state index contributed by atoms with van der Waals surface area (Å²) >= 11 is 0. The molecule has 0 spiro atoms. The van der Waals surface area contributed by atoms with E-state index in [4.69, 9.17) is 14.9 Å². The number of hydrogen-bond donors (Lipinski definition) is 2. The van der Waals surface area contributed by atoms with Crippen molar-refractivity contribution in [2.24, 2.45) is 0 Å². The maximum atomic E-state index is 9.14. The third-order valence-electron chi connectivity index (χ3n) is 2.37. The summed E-state index contributed by atoms with van der Waals surface area (Å²) in [6.45, 7) is -0.0817. The number of aliphatic hydroxyl groups excluding tert-OH is 2. The smallest absolute Gasteiger partial charge is 0.151 e. The van der Waals surface area contributed by atoms with Crippen molar-refractivity contribution in [3.05, 3.63) is 53.9 Å². The summed E-state index contributed by atoms with van der Waals surface area (Å²) in [6, 6.07) is 8.80. The van der Waals surface area contributed by atoms with E-state index in [1.807, 2.05) is 0 Å². The zero-order valence-electron chi connectivity index (χ0n) is 9.21. The number of aromatic nitrogens is 1. The van der Waals surface area contributed by atoms with E-state index in [1.165, 1.54) is 0 Å². The minimum absolute atomic E-state index is 0.00899. The van der Waals surface area contributed by atoms with Gasteiger partial charge in [0.15, 0.2) is 5.75 Å². The Morgan fingerprint density at radius 2 is 1.76 bits per heavy atom. The summed E-state index contributed by atoms with van der Waals surface area (Å²) in [6.07, 6.45) is 3.17. The van der Waals surface area contributed by atoms with Crippen LogP contribution in [0.25, 0.3) is 0 Å². The summed E-state index contributed by atoms with van der Waals surface area (Å²) in [5.74, 6) is 1.18. The van der Waals surface area contributed by atoms with Gasteiger partial charge in [-0.1, -0.05) is 12.1 Å². The monoisotopic (exact) mass is 231 g/mol. The van der Waals surface area contributed by atoms with Gasteiger partial charge in [0, 0.05) is 11.8 Å². The van der Waals surface area contributed by atoms with Gasteiger partial charge in [-0.15, -0.1) is 0 Å². The molecular formula is C13H13NO3. The highest BCUT2D eigenvalue weighted by Gasteiger charge is 2.03. The van der Waals surface area contributed by atoms with Gasteiger partial charge in [-0.2, -0.15) is 0 Å². The molecular weight excluding hydrogens is 218 g/mol. The molecule has 0 bridgehead atoms. The van der Waals surface area contributed by atoms with Crippen LogP contribution >= 0.6 is 0 Å². The molecule has 1 aromatic heterocycles. The molecule has 0 radical (unpaired) electrons. The largest absolute Gasteiger partial charge is 0.455 e. The predicted molar refractivity (Wildman–Crippen MR) is 62.6 cm³/mol. The van der Waals surface area contributed by atoms with Crippen LogP contribution < -0.4 is 4.74 Å². The highest BCUT2D eigenvalue weighted by atomic mass is 16.5. The van der Waals surface area contributed by atoms with Crippen LogP contribution in [0.15, 0.2) is 42.7 Å². The van der Waals surface area contributed by atoms with Gasteiger partial charge < -0.3 is 14.9 Å². The SMILES string of the molecule is OCc1ccc(Oc2cnccc2CO)cc1. The number of ether oxygens (including phenoxy) is 1. The second-order valence-electron chi connectivity index (χ2n) is 3.55. The lowest BCUT2D eigenvalue weighted by Gasteiger charge is -2.09. The van der Waals surface area contributed by atoms with Gasteiger partial charge in [-0.05, 0) is 23.8 Å². The molecule has 17 heavy (non-hydrogen) atoms. The second-order valence-corrected chi connectivity index (χ2v) is 3.55. The molecule has 0 amide bonds. The lowest BCUT2D eigenvalue weighted by molar-refractivity contribution is 0.276. The van der Waals surface area contributed by atoms with Crippen molar-refractivity contribution in [3.8, 4) is 11.5 Å².